The number of nitrogens with zero attached hydrogens (tertiary/aromatic N) is 3. The third kappa shape index (κ3) is 4.89. The maximum Gasteiger partial charge on any atom is 0.270 e. The molecule has 1 saturated heterocycles. The smallest absolute Gasteiger partial charge is 0.270 e. The number of benzene rings is 1. The number of aromatic nitrogens is 2. The van der Waals surface area contributed by atoms with Crippen molar-refractivity contribution in [1.29, 1.82) is 0 Å². The van der Waals surface area contributed by atoms with Gasteiger partial charge in [-0.15, -0.1) is 0 Å². The van der Waals surface area contributed by atoms with E-state index in [1.165, 1.54) is 0 Å². The molecule has 0 aliphatic carbocycles. The number of anilines is 3. The Morgan fingerprint density at radius 3 is 2.59 bits per heavy atom. The minimum Gasteiger partial charge on any atom is -0.378 e. The normalized spacial score (nSPS) is 13.7. The fraction of sp³-hybridized carbons (Fsp3) is 0.227. The number of pyridine rings is 2. The zero-order valence-corrected chi connectivity index (χ0v) is 16.0. The Hall–Kier alpha value is -3.45. The van der Waals surface area contributed by atoms with Crippen LogP contribution in [-0.2, 0) is 11.3 Å². The van der Waals surface area contributed by atoms with Crippen LogP contribution in [0.3, 0.4) is 0 Å². The molecule has 0 spiro atoms. The Bertz CT molecular complexity index is 941. The summed E-state index contributed by atoms with van der Waals surface area (Å²) in [5.41, 5.74) is 4.13. The lowest BCUT2D eigenvalue weighted by molar-refractivity contribution is 0.0945. The molecule has 3 aromatic rings. The highest BCUT2D eigenvalue weighted by atomic mass is 16.5. The summed E-state index contributed by atoms with van der Waals surface area (Å²) in [6.07, 6.45) is 3.38. The Morgan fingerprint density at radius 1 is 1.00 bits per heavy atom. The molecule has 2 aromatic heterocycles. The largest absolute Gasteiger partial charge is 0.378 e. The van der Waals surface area contributed by atoms with E-state index in [4.69, 9.17) is 4.74 Å². The van der Waals surface area contributed by atoms with E-state index < -0.39 is 0 Å². The van der Waals surface area contributed by atoms with Crippen LogP contribution >= 0.6 is 0 Å². The highest BCUT2D eigenvalue weighted by Gasteiger charge is 2.15. The molecule has 148 valence electrons. The first-order chi connectivity index (χ1) is 14.3. The molecule has 3 heterocycles. The van der Waals surface area contributed by atoms with Gasteiger partial charge in [0, 0.05) is 19.3 Å². The molecule has 1 amide bonds. The molecule has 2 N–H and O–H groups in total. The van der Waals surface area contributed by atoms with Crippen molar-refractivity contribution in [3.63, 3.8) is 0 Å². The van der Waals surface area contributed by atoms with Crippen molar-refractivity contribution in [1.82, 2.24) is 15.3 Å². The molecule has 0 saturated carbocycles. The zero-order chi connectivity index (χ0) is 19.9. The van der Waals surface area contributed by atoms with Crippen molar-refractivity contribution in [3.05, 3.63) is 78.4 Å². The highest BCUT2D eigenvalue weighted by molar-refractivity contribution is 5.92. The van der Waals surface area contributed by atoms with Crippen molar-refractivity contribution in [2.45, 2.75) is 6.54 Å². The van der Waals surface area contributed by atoms with Gasteiger partial charge >= 0.3 is 0 Å². The summed E-state index contributed by atoms with van der Waals surface area (Å²) < 4.78 is 5.45. The van der Waals surface area contributed by atoms with E-state index in [1.54, 1.807) is 18.5 Å². The van der Waals surface area contributed by atoms with E-state index in [0.29, 0.717) is 12.2 Å². The summed E-state index contributed by atoms with van der Waals surface area (Å²) in [7, 11) is 0. The summed E-state index contributed by atoms with van der Waals surface area (Å²) in [5, 5.41) is 6.24. The van der Waals surface area contributed by atoms with E-state index in [2.05, 4.69) is 31.6 Å². The lowest BCUT2D eigenvalue weighted by Gasteiger charge is -2.30. The second-order valence-electron chi connectivity index (χ2n) is 6.68. The number of hydrogen-bond donors (Lipinski definition) is 2. The molecule has 7 heteroatoms. The number of para-hydroxylation sites is 2. The van der Waals surface area contributed by atoms with Crippen LogP contribution in [0.4, 0.5) is 17.1 Å². The number of carbonyl (C=O) groups is 1. The maximum absolute atomic E-state index is 12.3. The van der Waals surface area contributed by atoms with Gasteiger partial charge in [-0.2, -0.15) is 0 Å². The Balaban J connectivity index is 1.40. The fourth-order valence-corrected chi connectivity index (χ4v) is 3.18. The van der Waals surface area contributed by atoms with E-state index in [-0.39, 0.29) is 5.91 Å². The Morgan fingerprint density at radius 2 is 1.83 bits per heavy atom. The number of hydrogen-bond acceptors (Lipinski definition) is 6. The van der Waals surface area contributed by atoms with Crippen LogP contribution < -0.4 is 15.5 Å². The predicted molar refractivity (Wildman–Crippen MR) is 112 cm³/mol. The van der Waals surface area contributed by atoms with Gasteiger partial charge in [0.25, 0.3) is 5.91 Å². The third-order valence-electron chi connectivity index (χ3n) is 4.69. The molecular weight excluding hydrogens is 366 g/mol. The molecule has 0 unspecified atom stereocenters. The fourth-order valence-electron chi connectivity index (χ4n) is 3.18. The first-order valence-electron chi connectivity index (χ1n) is 9.62. The van der Waals surface area contributed by atoms with Crippen molar-refractivity contribution in [2.75, 3.05) is 36.5 Å². The molecule has 1 fully saturated rings. The number of morpholine rings is 1. The van der Waals surface area contributed by atoms with Crippen LogP contribution in [0.25, 0.3) is 0 Å². The molecule has 1 aromatic carbocycles. The van der Waals surface area contributed by atoms with Crippen LogP contribution in [0, 0.1) is 0 Å². The van der Waals surface area contributed by atoms with Gasteiger partial charge in [0.2, 0.25) is 0 Å². The van der Waals surface area contributed by atoms with Gasteiger partial charge in [-0.1, -0.05) is 18.2 Å². The predicted octanol–water partition coefficient (Wildman–Crippen LogP) is 2.99. The topological polar surface area (TPSA) is 79.4 Å². The zero-order valence-electron chi connectivity index (χ0n) is 16.0. The standard InChI is InChI=1S/C22H23N5O2/c28-22(25-15-17-5-3-4-10-23-17)20-9-8-18(16-24-20)26-19-6-1-2-7-21(19)27-11-13-29-14-12-27/h1-10,16,26H,11-15H2,(H,25,28). The van der Waals surface area contributed by atoms with Crippen LogP contribution in [-0.4, -0.2) is 42.2 Å². The number of amides is 1. The van der Waals surface area contributed by atoms with Crippen molar-refractivity contribution in [3.8, 4) is 0 Å². The first kappa shape index (κ1) is 18.9. The van der Waals surface area contributed by atoms with Crippen molar-refractivity contribution < 1.29 is 9.53 Å². The summed E-state index contributed by atoms with van der Waals surface area (Å²) in [6.45, 7) is 3.57. The van der Waals surface area contributed by atoms with E-state index in [9.17, 15) is 4.79 Å². The van der Waals surface area contributed by atoms with Gasteiger partial charge in [0.1, 0.15) is 5.69 Å². The van der Waals surface area contributed by atoms with Crippen molar-refractivity contribution >= 4 is 23.0 Å². The van der Waals surface area contributed by atoms with Gasteiger partial charge in [-0.3, -0.25) is 9.78 Å². The molecule has 4 rings (SSSR count). The van der Waals surface area contributed by atoms with Crippen LogP contribution in [0.1, 0.15) is 16.2 Å². The first-order valence-corrected chi connectivity index (χ1v) is 9.62. The lowest BCUT2D eigenvalue weighted by atomic mass is 10.2. The molecule has 29 heavy (non-hydrogen) atoms. The number of rotatable bonds is 6. The average molecular weight is 389 g/mol. The van der Waals surface area contributed by atoms with Crippen LogP contribution in [0.2, 0.25) is 0 Å². The molecule has 1 aliphatic rings. The monoisotopic (exact) mass is 389 g/mol. The molecule has 0 atom stereocenters. The Labute approximate surface area is 169 Å². The second kappa shape index (κ2) is 9.16. The number of ether oxygens (including phenoxy) is 1. The van der Waals surface area contributed by atoms with Gasteiger partial charge in [-0.05, 0) is 36.4 Å². The molecular formula is C22H23N5O2. The summed E-state index contributed by atoms with van der Waals surface area (Å²) >= 11 is 0. The molecule has 0 bridgehead atoms. The van der Waals surface area contributed by atoms with E-state index in [0.717, 1.165) is 49.1 Å². The number of nitrogens with one attached hydrogen (secondary N) is 2. The molecule has 1 aliphatic heterocycles. The summed E-state index contributed by atoms with van der Waals surface area (Å²) in [5.74, 6) is -0.226. The Kier molecular flexibility index (Phi) is 5.97. The summed E-state index contributed by atoms with van der Waals surface area (Å²) in [6, 6.07) is 17.3. The van der Waals surface area contributed by atoms with Gasteiger partial charge in [0.15, 0.2) is 0 Å². The van der Waals surface area contributed by atoms with E-state index >= 15 is 0 Å². The van der Waals surface area contributed by atoms with Gasteiger partial charge in [-0.25, -0.2) is 4.98 Å². The summed E-state index contributed by atoms with van der Waals surface area (Å²) in [4.78, 5) is 23.1. The SMILES string of the molecule is O=C(NCc1ccccn1)c1ccc(Nc2ccccc2N2CCOCC2)cn1. The average Bonchev–Trinajstić information content (AvgIpc) is 2.80. The lowest BCUT2D eigenvalue weighted by Crippen LogP contribution is -2.36. The van der Waals surface area contributed by atoms with E-state index in [1.807, 2.05) is 42.5 Å². The quantitative estimate of drug-likeness (QED) is 0.675. The van der Waals surface area contributed by atoms with Gasteiger partial charge < -0.3 is 20.3 Å². The minimum absolute atomic E-state index is 0.226. The van der Waals surface area contributed by atoms with Gasteiger partial charge in [0.05, 0.1) is 48.7 Å². The second-order valence-corrected chi connectivity index (χ2v) is 6.68. The molecule has 7 nitrogen and oxygen atoms in total. The molecule has 0 radical (unpaired) electrons. The maximum atomic E-state index is 12.3. The minimum atomic E-state index is -0.226. The number of carbonyl (C=O) groups excluding carboxylic acids is 1. The van der Waals surface area contributed by atoms with Crippen molar-refractivity contribution in [2.24, 2.45) is 0 Å². The third-order valence-corrected chi connectivity index (χ3v) is 4.69. The van der Waals surface area contributed by atoms with Crippen LogP contribution in [0.15, 0.2) is 67.0 Å². The van der Waals surface area contributed by atoms with Crippen LogP contribution in [0.5, 0.6) is 0 Å². The highest BCUT2D eigenvalue weighted by Crippen LogP contribution is 2.29.